The van der Waals surface area contributed by atoms with Gasteiger partial charge in [-0.2, -0.15) is 0 Å². The minimum absolute atomic E-state index is 0.134. The number of carbonyl (C=O) groups is 2. The average Bonchev–Trinajstić information content (AvgIpc) is 2.83. The summed E-state index contributed by atoms with van der Waals surface area (Å²) in [7, 11) is 0. The Labute approximate surface area is 147 Å². The Hall–Kier alpha value is -1.92. The molecule has 0 aromatic carbocycles. The summed E-state index contributed by atoms with van der Waals surface area (Å²) in [5.41, 5.74) is 1.68. The minimum Gasteiger partial charge on any atom is -0.461 e. The van der Waals surface area contributed by atoms with Crippen LogP contribution in [0.5, 0.6) is 0 Å². The van der Waals surface area contributed by atoms with Crippen molar-refractivity contribution in [1.29, 1.82) is 0 Å². The maximum absolute atomic E-state index is 11.9. The smallest absolute Gasteiger partial charge is 0.334 e. The second-order valence-corrected chi connectivity index (χ2v) is 6.82. The summed E-state index contributed by atoms with van der Waals surface area (Å²) >= 11 is 0. The van der Waals surface area contributed by atoms with Crippen molar-refractivity contribution >= 4 is 11.9 Å². The van der Waals surface area contributed by atoms with Crippen molar-refractivity contribution < 1.29 is 29.3 Å². The lowest BCUT2D eigenvalue weighted by molar-refractivity contribution is -0.146. The van der Waals surface area contributed by atoms with E-state index < -0.39 is 18.2 Å². The molecule has 1 aliphatic heterocycles. The molecule has 0 unspecified atom stereocenters. The fraction of sp³-hybridized carbons (Fsp3) is 0.579. The maximum atomic E-state index is 11.9. The number of ether oxygens (including phenoxy) is 2. The third-order valence-electron chi connectivity index (χ3n) is 4.58. The van der Waals surface area contributed by atoms with Gasteiger partial charge in [0.1, 0.15) is 12.7 Å². The molecular weight excluding hydrogens is 324 g/mol. The number of allylic oxidation sites excluding steroid dienone is 1. The van der Waals surface area contributed by atoms with Crippen LogP contribution in [0.1, 0.15) is 33.1 Å². The van der Waals surface area contributed by atoms with Crippen molar-refractivity contribution in [2.45, 2.75) is 45.3 Å². The van der Waals surface area contributed by atoms with Crippen molar-refractivity contribution in [1.82, 2.24) is 0 Å². The molecule has 0 spiro atoms. The van der Waals surface area contributed by atoms with Crippen LogP contribution in [0.15, 0.2) is 35.5 Å². The van der Waals surface area contributed by atoms with Gasteiger partial charge in [-0.3, -0.25) is 4.79 Å². The van der Waals surface area contributed by atoms with E-state index in [9.17, 15) is 19.8 Å². The van der Waals surface area contributed by atoms with Crippen LogP contribution >= 0.6 is 0 Å². The van der Waals surface area contributed by atoms with Crippen molar-refractivity contribution in [3.05, 3.63) is 35.5 Å². The number of carbonyl (C=O) groups excluding carboxylic acids is 2. The Morgan fingerprint density at radius 2 is 2.20 bits per heavy atom. The van der Waals surface area contributed by atoms with Gasteiger partial charge in [-0.1, -0.05) is 26.5 Å². The van der Waals surface area contributed by atoms with Gasteiger partial charge in [-0.15, -0.1) is 0 Å². The van der Waals surface area contributed by atoms with E-state index >= 15 is 0 Å². The van der Waals surface area contributed by atoms with Gasteiger partial charge in [0.15, 0.2) is 0 Å². The molecule has 1 heterocycles. The van der Waals surface area contributed by atoms with Crippen LogP contribution in [-0.2, 0) is 19.1 Å². The van der Waals surface area contributed by atoms with E-state index in [1.54, 1.807) is 26.0 Å². The number of esters is 2. The van der Waals surface area contributed by atoms with Crippen LogP contribution in [0.4, 0.5) is 0 Å². The highest BCUT2D eigenvalue weighted by Crippen LogP contribution is 2.34. The van der Waals surface area contributed by atoms with Gasteiger partial charge in [0.2, 0.25) is 0 Å². The zero-order valence-corrected chi connectivity index (χ0v) is 14.7. The number of fused-ring (bicyclic) bond motifs is 1. The molecule has 0 bridgehead atoms. The van der Waals surface area contributed by atoms with Crippen LogP contribution in [0.3, 0.4) is 0 Å². The highest BCUT2D eigenvalue weighted by atomic mass is 16.6. The lowest BCUT2D eigenvalue weighted by Gasteiger charge is -2.22. The van der Waals surface area contributed by atoms with E-state index in [1.807, 2.05) is 0 Å². The molecule has 0 amide bonds. The lowest BCUT2D eigenvalue weighted by Crippen LogP contribution is -2.25. The predicted octanol–water partition coefficient (Wildman–Crippen LogP) is 1.67. The van der Waals surface area contributed by atoms with Crippen LogP contribution in [-0.4, -0.2) is 47.6 Å². The van der Waals surface area contributed by atoms with Gasteiger partial charge in [0, 0.05) is 11.5 Å². The molecular formula is C19H26O6. The summed E-state index contributed by atoms with van der Waals surface area (Å²) in [4.78, 5) is 23.6. The van der Waals surface area contributed by atoms with Crippen LogP contribution in [0.25, 0.3) is 0 Å². The van der Waals surface area contributed by atoms with Crippen molar-refractivity contribution in [2.24, 2.45) is 11.8 Å². The van der Waals surface area contributed by atoms with Crippen molar-refractivity contribution in [3.8, 4) is 0 Å². The highest BCUT2D eigenvalue weighted by Gasteiger charge is 2.39. The maximum Gasteiger partial charge on any atom is 0.334 e. The SMILES string of the molecule is C=C1C(=O)O[C@@H]2/C=C(\COC(=O)C(C)C)CCC=C(CO)[C@H](O)C[C@@H]12. The van der Waals surface area contributed by atoms with E-state index in [2.05, 4.69) is 6.58 Å². The summed E-state index contributed by atoms with van der Waals surface area (Å²) in [5.74, 6) is -1.35. The van der Waals surface area contributed by atoms with E-state index in [0.717, 1.165) is 5.57 Å². The monoisotopic (exact) mass is 350 g/mol. The molecule has 1 saturated heterocycles. The van der Waals surface area contributed by atoms with Gasteiger partial charge in [0.25, 0.3) is 0 Å². The van der Waals surface area contributed by atoms with Gasteiger partial charge in [0.05, 0.1) is 18.6 Å². The minimum atomic E-state index is -0.850. The Morgan fingerprint density at radius 3 is 2.84 bits per heavy atom. The zero-order valence-electron chi connectivity index (χ0n) is 14.7. The second-order valence-electron chi connectivity index (χ2n) is 6.82. The third-order valence-corrected chi connectivity index (χ3v) is 4.58. The Kier molecular flexibility index (Phi) is 6.56. The van der Waals surface area contributed by atoms with Crippen LogP contribution in [0.2, 0.25) is 0 Å². The standard InChI is InChI=1S/C19H26O6/c1-11(2)18(22)24-10-13-5-4-6-14(9-20)16(21)8-15-12(3)19(23)25-17(15)7-13/h6-7,11,15-17,20-21H,3-5,8-10H2,1-2H3/b13-7-,14-6?/t15-,16+,17+/m0/s1. The first-order valence-corrected chi connectivity index (χ1v) is 8.57. The summed E-state index contributed by atoms with van der Waals surface area (Å²) < 4.78 is 10.7. The Bertz CT molecular complexity index is 601. The molecule has 2 N–H and O–H groups in total. The summed E-state index contributed by atoms with van der Waals surface area (Å²) in [6.45, 7) is 7.19. The van der Waals surface area contributed by atoms with Crippen molar-refractivity contribution in [2.75, 3.05) is 13.2 Å². The Morgan fingerprint density at radius 1 is 1.48 bits per heavy atom. The van der Waals surface area contributed by atoms with Crippen LogP contribution in [0, 0.1) is 11.8 Å². The summed E-state index contributed by atoms with van der Waals surface area (Å²) in [6, 6.07) is 0. The van der Waals surface area contributed by atoms with Crippen LogP contribution < -0.4 is 0 Å². The Balaban J connectivity index is 2.23. The molecule has 2 aliphatic rings. The number of hydrogen-bond donors (Lipinski definition) is 2. The lowest BCUT2D eigenvalue weighted by atomic mass is 9.86. The molecule has 6 heteroatoms. The molecule has 25 heavy (non-hydrogen) atoms. The molecule has 3 atom stereocenters. The second kappa shape index (κ2) is 8.45. The van der Waals surface area contributed by atoms with Gasteiger partial charge < -0.3 is 19.7 Å². The molecule has 6 nitrogen and oxygen atoms in total. The van der Waals surface area contributed by atoms with E-state index in [1.165, 1.54) is 0 Å². The number of hydrogen-bond acceptors (Lipinski definition) is 6. The van der Waals surface area contributed by atoms with E-state index in [-0.39, 0.29) is 37.4 Å². The fourth-order valence-corrected chi connectivity index (χ4v) is 2.96. The number of rotatable bonds is 4. The highest BCUT2D eigenvalue weighted by molar-refractivity contribution is 5.91. The molecule has 2 rings (SSSR count). The molecule has 0 aromatic heterocycles. The first kappa shape index (κ1) is 19.4. The fourth-order valence-electron chi connectivity index (χ4n) is 2.96. The molecule has 1 fully saturated rings. The molecule has 0 saturated carbocycles. The number of aliphatic hydroxyl groups excluding tert-OH is 2. The topological polar surface area (TPSA) is 93.1 Å². The van der Waals surface area contributed by atoms with E-state index in [0.29, 0.717) is 24.0 Å². The molecule has 1 aliphatic carbocycles. The largest absolute Gasteiger partial charge is 0.461 e. The van der Waals surface area contributed by atoms with E-state index in [4.69, 9.17) is 9.47 Å². The van der Waals surface area contributed by atoms with Crippen molar-refractivity contribution in [3.63, 3.8) is 0 Å². The molecule has 138 valence electrons. The summed E-state index contributed by atoms with van der Waals surface area (Å²) in [5, 5.41) is 19.8. The average molecular weight is 350 g/mol. The predicted molar refractivity (Wildman–Crippen MR) is 91.4 cm³/mol. The third kappa shape index (κ3) is 4.80. The first-order valence-electron chi connectivity index (χ1n) is 8.57. The normalized spacial score (nSPS) is 29.4. The summed E-state index contributed by atoms with van der Waals surface area (Å²) in [6.07, 6.45) is 3.62. The number of aliphatic hydroxyl groups is 2. The first-order chi connectivity index (χ1) is 11.8. The van der Waals surface area contributed by atoms with Gasteiger partial charge in [-0.05, 0) is 36.5 Å². The molecule has 0 radical (unpaired) electrons. The quantitative estimate of drug-likeness (QED) is 0.455. The van der Waals surface area contributed by atoms with Gasteiger partial charge >= 0.3 is 11.9 Å². The molecule has 0 aromatic rings. The van der Waals surface area contributed by atoms with Gasteiger partial charge in [-0.25, -0.2) is 4.79 Å². The zero-order chi connectivity index (χ0) is 18.6.